The molecule has 1 aliphatic carbocycles. The summed E-state index contributed by atoms with van der Waals surface area (Å²) in [5.41, 5.74) is 0.309. The van der Waals surface area contributed by atoms with Gasteiger partial charge in [-0.15, -0.1) is 11.3 Å². The maximum atomic E-state index is 14.0. The number of methoxy groups -OCH3 is 1. The van der Waals surface area contributed by atoms with E-state index in [1.807, 2.05) is 0 Å². The number of carbonyl (C=O) groups is 2. The maximum absolute atomic E-state index is 14.0. The van der Waals surface area contributed by atoms with Crippen molar-refractivity contribution in [2.24, 2.45) is 0 Å². The van der Waals surface area contributed by atoms with Crippen LogP contribution in [-0.4, -0.2) is 29.9 Å². The molecule has 0 atom stereocenters. The quantitative estimate of drug-likeness (QED) is 0.746. The first-order valence-corrected chi connectivity index (χ1v) is 8.62. The van der Waals surface area contributed by atoms with E-state index in [2.05, 4.69) is 4.74 Å². The highest BCUT2D eigenvalue weighted by molar-refractivity contribution is 7.15. The number of halogens is 2. The molecule has 1 amide bonds. The number of carbonyl (C=O) groups excluding carboxylic acids is 2. The predicted octanol–water partition coefficient (Wildman–Crippen LogP) is 4.13. The first-order valence-electron chi connectivity index (χ1n) is 7.43. The summed E-state index contributed by atoms with van der Waals surface area (Å²) in [4.78, 5) is 26.7. The lowest BCUT2D eigenvalue weighted by Crippen LogP contribution is -2.32. The third-order valence-electron chi connectivity index (χ3n) is 3.84. The molecule has 1 saturated carbocycles. The average Bonchev–Trinajstić information content (AvgIpc) is 3.29. The van der Waals surface area contributed by atoms with E-state index < -0.39 is 11.8 Å². The highest BCUT2D eigenvalue weighted by Crippen LogP contribution is 2.33. The van der Waals surface area contributed by atoms with Gasteiger partial charge in [0.1, 0.15) is 10.7 Å². The predicted molar refractivity (Wildman–Crippen MR) is 90.0 cm³/mol. The van der Waals surface area contributed by atoms with Crippen LogP contribution in [0.2, 0.25) is 5.02 Å². The van der Waals surface area contributed by atoms with Crippen LogP contribution in [0.15, 0.2) is 30.3 Å². The van der Waals surface area contributed by atoms with Crippen LogP contribution in [-0.2, 0) is 11.3 Å². The maximum Gasteiger partial charge on any atom is 0.348 e. The van der Waals surface area contributed by atoms with Crippen LogP contribution in [0.25, 0.3) is 0 Å². The second-order valence-electron chi connectivity index (χ2n) is 5.52. The van der Waals surface area contributed by atoms with Gasteiger partial charge in [-0.25, -0.2) is 9.18 Å². The summed E-state index contributed by atoms with van der Waals surface area (Å²) in [6, 6.07) is 7.71. The highest BCUT2D eigenvalue weighted by atomic mass is 35.5. The van der Waals surface area contributed by atoms with Crippen LogP contribution in [0, 0.1) is 5.82 Å². The summed E-state index contributed by atoms with van der Waals surface area (Å²) >= 11 is 7.15. The Kier molecular flexibility index (Phi) is 4.87. The molecule has 0 saturated heterocycles. The lowest BCUT2D eigenvalue weighted by molar-refractivity contribution is 0.0606. The van der Waals surface area contributed by atoms with Crippen LogP contribution in [0.5, 0.6) is 0 Å². The van der Waals surface area contributed by atoms with Gasteiger partial charge in [-0.05, 0) is 37.1 Å². The molecule has 3 rings (SSSR count). The summed E-state index contributed by atoms with van der Waals surface area (Å²) in [5.74, 6) is -1.13. The molecular weight excluding hydrogens is 353 g/mol. The van der Waals surface area contributed by atoms with Gasteiger partial charge in [-0.1, -0.05) is 17.7 Å². The fourth-order valence-electron chi connectivity index (χ4n) is 2.41. The van der Waals surface area contributed by atoms with Gasteiger partial charge in [0.2, 0.25) is 0 Å². The zero-order valence-corrected chi connectivity index (χ0v) is 14.5. The summed E-state index contributed by atoms with van der Waals surface area (Å²) < 4.78 is 18.7. The van der Waals surface area contributed by atoms with Gasteiger partial charge in [-0.3, -0.25) is 4.79 Å². The molecule has 1 fully saturated rings. The molecule has 1 aromatic carbocycles. The third-order valence-corrected chi connectivity index (χ3v) is 5.25. The van der Waals surface area contributed by atoms with Gasteiger partial charge in [0.25, 0.3) is 5.91 Å². The molecule has 0 N–H and O–H groups in total. The van der Waals surface area contributed by atoms with Gasteiger partial charge in [0.15, 0.2) is 0 Å². The summed E-state index contributed by atoms with van der Waals surface area (Å²) in [7, 11) is 1.29. The normalized spacial score (nSPS) is 13.6. The number of ether oxygens (including phenoxy) is 1. The molecule has 0 unspecified atom stereocenters. The minimum absolute atomic E-state index is 0.0804. The average molecular weight is 368 g/mol. The van der Waals surface area contributed by atoms with Crippen molar-refractivity contribution in [1.82, 2.24) is 4.90 Å². The van der Waals surface area contributed by atoms with Crippen LogP contribution >= 0.6 is 22.9 Å². The molecule has 1 aromatic heterocycles. The lowest BCUT2D eigenvalue weighted by atomic mass is 10.2. The monoisotopic (exact) mass is 367 g/mol. The number of amides is 1. The first kappa shape index (κ1) is 16.9. The van der Waals surface area contributed by atoms with Crippen molar-refractivity contribution in [1.29, 1.82) is 0 Å². The van der Waals surface area contributed by atoms with Crippen molar-refractivity contribution in [3.8, 4) is 0 Å². The van der Waals surface area contributed by atoms with E-state index in [-0.39, 0.29) is 18.5 Å². The number of esters is 1. The van der Waals surface area contributed by atoms with E-state index in [0.717, 1.165) is 24.2 Å². The lowest BCUT2D eigenvalue weighted by Gasteiger charge is -2.22. The Morgan fingerprint density at radius 2 is 2.00 bits per heavy atom. The molecule has 0 radical (unpaired) electrons. The Hall–Kier alpha value is -1.92. The van der Waals surface area contributed by atoms with Crippen molar-refractivity contribution in [3.05, 3.63) is 56.5 Å². The van der Waals surface area contributed by atoms with Gasteiger partial charge in [-0.2, -0.15) is 0 Å². The Morgan fingerprint density at radius 3 is 2.62 bits per heavy atom. The molecule has 24 heavy (non-hydrogen) atoms. The fourth-order valence-corrected chi connectivity index (χ4v) is 3.51. The van der Waals surface area contributed by atoms with Gasteiger partial charge in [0, 0.05) is 16.6 Å². The van der Waals surface area contributed by atoms with Crippen LogP contribution in [0.4, 0.5) is 4.39 Å². The first-order chi connectivity index (χ1) is 11.5. The SMILES string of the molecule is COC(=O)c1ccc(C(=O)N(Cc2c(F)cccc2Cl)C2CC2)s1. The molecule has 2 aromatic rings. The molecule has 0 bridgehead atoms. The van der Waals surface area contributed by atoms with E-state index in [0.29, 0.717) is 20.3 Å². The molecule has 0 aliphatic heterocycles. The summed E-state index contributed by atoms with van der Waals surface area (Å²) in [6.07, 6.45) is 1.76. The zero-order valence-electron chi connectivity index (χ0n) is 12.9. The van der Waals surface area contributed by atoms with Crippen LogP contribution < -0.4 is 0 Å². The molecule has 7 heteroatoms. The Balaban J connectivity index is 1.85. The van der Waals surface area contributed by atoms with E-state index in [4.69, 9.17) is 11.6 Å². The standard InChI is InChI=1S/C17H15ClFNO3S/c1-23-17(22)15-8-7-14(24-15)16(21)20(10-5-6-10)9-11-12(18)3-2-4-13(11)19/h2-4,7-8,10H,5-6,9H2,1H3. The Morgan fingerprint density at radius 1 is 1.29 bits per heavy atom. The van der Waals surface area contributed by atoms with Crippen molar-refractivity contribution in [2.75, 3.05) is 7.11 Å². The van der Waals surface area contributed by atoms with Crippen molar-refractivity contribution < 1.29 is 18.7 Å². The second-order valence-corrected chi connectivity index (χ2v) is 7.01. The van der Waals surface area contributed by atoms with Crippen LogP contribution in [0.3, 0.4) is 0 Å². The van der Waals surface area contributed by atoms with Gasteiger partial charge < -0.3 is 9.64 Å². The van der Waals surface area contributed by atoms with Crippen molar-refractivity contribution in [2.45, 2.75) is 25.4 Å². The second kappa shape index (κ2) is 6.91. The molecule has 1 heterocycles. The smallest absolute Gasteiger partial charge is 0.348 e. The number of thiophene rings is 1. The topological polar surface area (TPSA) is 46.6 Å². The molecule has 0 spiro atoms. The van der Waals surface area contributed by atoms with E-state index in [1.54, 1.807) is 23.1 Å². The molecule has 4 nitrogen and oxygen atoms in total. The number of nitrogens with zero attached hydrogens (tertiary/aromatic N) is 1. The van der Waals surface area contributed by atoms with E-state index >= 15 is 0 Å². The highest BCUT2D eigenvalue weighted by Gasteiger charge is 2.34. The van der Waals surface area contributed by atoms with E-state index in [1.165, 1.54) is 19.2 Å². The molecule has 126 valence electrons. The minimum Gasteiger partial charge on any atom is -0.465 e. The fraction of sp³-hybridized carbons (Fsp3) is 0.294. The minimum atomic E-state index is -0.478. The molecular formula is C17H15ClFNO3S. The summed E-state index contributed by atoms with van der Waals surface area (Å²) in [6.45, 7) is 0.112. The summed E-state index contributed by atoms with van der Waals surface area (Å²) in [5, 5.41) is 0.301. The van der Waals surface area contributed by atoms with Gasteiger partial charge >= 0.3 is 5.97 Å². The number of hydrogen-bond acceptors (Lipinski definition) is 4. The third kappa shape index (κ3) is 3.44. The number of rotatable bonds is 5. The van der Waals surface area contributed by atoms with Crippen molar-refractivity contribution in [3.63, 3.8) is 0 Å². The Labute approximate surface area is 147 Å². The van der Waals surface area contributed by atoms with Crippen molar-refractivity contribution >= 4 is 34.8 Å². The largest absolute Gasteiger partial charge is 0.465 e. The molecule has 1 aliphatic rings. The Bertz CT molecular complexity index is 768. The number of benzene rings is 1. The van der Waals surface area contributed by atoms with Gasteiger partial charge in [0.05, 0.1) is 18.5 Å². The van der Waals surface area contributed by atoms with E-state index in [9.17, 15) is 14.0 Å². The number of hydrogen-bond donors (Lipinski definition) is 0. The zero-order chi connectivity index (χ0) is 17.3. The van der Waals surface area contributed by atoms with Crippen LogP contribution in [0.1, 0.15) is 37.7 Å².